The lowest BCUT2D eigenvalue weighted by molar-refractivity contribution is 0.468. The van der Waals surface area contributed by atoms with Crippen molar-refractivity contribution in [2.75, 3.05) is 0 Å². The molecule has 0 fully saturated rings. The Morgan fingerprint density at radius 2 is 2.10 bits per heavy atom. The molecule has 0 unspecified atom stereocenters. The van der Waals surface area contributed by atoms with Gasteiger partial charge in [-0.1, -0.05) is 6.92 Å². The summed E-state index contributed by atoms with van der Waals surface area (Å²) in [4.78, 5) is 4.23. The van der Waals surface area contributed by atoms with Gasteiger partial charge in [0, 0.05) is 6.42 Å². The van der Waals surface area contributed by atoms with Gasteiger partial charge in [-0.15, -0.1) is 0 Å². The Kier molecular flexibility index (Phi) is 2.10. The second-order valence-corrected chi connectivity index (χ2v) is 2.50. The molecule has 2 heteroatoms. The molecule has 1 aromatic heterocycles. The van der Waals surface area contributed by atoms with Crippen molar-refractivity contribution in [1.82, 2.24) is 4.98 Å². The van der Waals surface area contributed by atoms with Gasteiger partial charge in [0.05, 0.1) is 5.69 Å². The van der Waals surface area contributed by atoms with Crippen LogP contribution in [0.25, 0.3) is 0 Å². The van der Waals surface area contributed by atoms with Gasteiger partial charge in [0.1, 0.15) is 5.76 Å². The smallest absolute Gasteiger partial charge is 0.194 e. The molecule has 1 aromatic rings. The molecule has 0 aliphatic heterocycles. The number of hydrogen-bond donors (Lipinski definition) is 0. The van der Waals surface area contributed by atoms with Gasteiger partial charge in [-0.25, -0.2) is 4.98 Å². The Labute approximate surface area is 61.3 Å². The highest BCUT2D eigenvalue weighted by Gasteiger charge is 2.02. The van der Waals surface area contributed by atoms with Crippen molar-refractivity contribution in [3.05, 3.63) is 17.3 Å². The molecule has 0 saturated heterocycles. The van der Waals surface area contributed by atoms with E-state index in [1.807, 2.05) is 13.8 Å². The maximum absolute atomic E-state index is 5.34. The van der Waals surface area contributed by atoms with Crippen molar-refractivity contribution in [1.29, 1.82) is 0 Å². The number of aryl methyl sites for hydroxylation is 3. The van der Waals surface area contributed by atoms with Gasteiger partial charge < -0.3 is 4.42 Å². The first-order chi connectivity index (χ1) is 4.74. The minimum Gasteiger partial charge on any atom is -0.446 e. The zero-order chi connectivity index (χ0) is 7.56. The molecule has 56 valence electrons. The van der Waals surface area contributed by atoms with Crippen LogP contribution in [0.2, 0.25) is 0 Å². The third kappa shape index (κ3) is 1.38. The van der Waals surface area contributed by atoms with E-state index in [1.165, 1.54) is 0 Å². The third-order valence-corrected chi connectivity index (χ3v) is 1.54. The SMILES string of the molecule is CCCc1nc(C)c(C)o1. The zero-order valence-electron chi connectivity index (χ0n) is 6.77. The molecule has 0 atom stereocenters. The number of nitrogens with zero attached hydrogens (tertiary/aromatic N) is 1. The Balaban J connectivity index is 2.77. The lowest BCUT2D eigenvalue weighted by Gasteiger charge is -1.85. The highest BCUT2D eigenvalue weighted by molar-refractivity contribution is 5.05. The van der Waals surface area contributed by atoms with Gasteiger partial charge in [0.2, 0.25) is 0 Å². The van der Waals surface area contributed by atoms with E-state index in [4.69, 9.17) is 4.42 Å². The molecule has 10 heavy (non-hydrogen) atoms. The summed E-state index contributed by atoms with van der Waals surface area (Å²) >= 11 is 0. The fourth-order valence-corrected chi connectivity index (χ4v) is 0.860. The van der Waals surface area contributed by atoms with Crippen LogP contribution in [0.3, 0.4) is 0 Å². The Morgan fingerprint density at radius 1 is 1.40 bits per heavy atom. The van der Waals surface area contributed by atoms with E-state index in [9.17, 15) is 0 Å². The van der Waals surface area contributed by atoms with Gasteiger partial charge in [-0.05, 0) is 20.3 Å². The fourth-order valence-electron chi connectivity index (χ4n) is 0.860. The van der Waals surface area contributed by atoms with Crippen LogP contribution >= 0.6 is 0 Å². The molecule has 0 aromatic carbocycles. The average Bonchev–Trinajstić information content (AvgIpc) is 2.14. The fraction of sp³-hybridized carbons (Fsp3) is 0.625. The number of rotatable bonds is 2. The molecular formula is C8H13NO. The maximum Gasteiger partial charge on any atom is 0.194 e. The van der Waals surface area contributed by atoms with Crippen LogP contribution in [0, 0.1) is 13.8 Å². The van der Waals surface area contributed by atoms with Crippen molar-refractivity contribution in [2.24, 2.45) is 0 Å². The minimum absolute atomic E-state index is 0.873. The molecule has 0 amide bonds. The molecule has 0 aliphatic carbocycles. The van der Waals surface area contributed by atoms with Crippen molar-refractivity contribution < 1.29 is 4.42 Å². The van der Waals surface area contributed by atoms with Gasteiger partial charge in [0.15, 0.2) is 5.89 Å². The van der Waals surface area contributed by atoms with E-state index >= 15 is 0 Å². The summed E-state index contributed by atoms with van der Waals surface area (Å²) in [5.41, 5.74) is 1.02. The van der Waals surface area contributed by atoms with Crippen LogP contribution < -0.4 is 0 Å². The number of oxazole rings is 1. The summed E-state index contributed by atoms with van der Waals surface area (Å²) in [6, 6.07) is 0. The molecule has 2 nitrogen and oxygen atoms in total. The van der Waals surface area contributed by atoms with E-state index in [0.717, 1.165) is 30.2 Å². The molecule has 1 rings (SSSR count). The standard InChI is InChI=1S/C8H13NO/c1-4-5-8-9-6(2)7(3)10-8/h4-5H2,1-3H3. The second-order valence-electron chi connectivity index (χ2n) is 2.50. The largest absolute Gasteiger partial charge is 0.446 e. The first-order valence-corrected chi connectivity index (χ1v) is 3.67. The van der Waals surface area contributed by atoms with Crippen molar-refractivity contribution >= 4 is 0 Å². The summed E-state index contributed by atoms with van der Waals surface area (Å²) in [5, 5.41) is 0. The third-order valence-electron chi connectivity index (χ3n) is 1.54. The maximum atomic E-state index is 5.34. The molecule has 0 spiro atoms. The Bertz CT molecular complexity index is 196. The second kappa shape index (κ2) is 2.86. The summed E-state index contributed by atoms with van der Waals surface area (Å²) in [6.07, 6.45) is 2.05. The van der Waals surface area contributed by atoms with Crippen LogP contribution in [0.15, 0.2) is 4.42 Å². The number of aromatic nitrogens is 1. The first kappa shape index (κ1) is 7.32. The first-order valence-electron chi connectivity index (χ1n) is 3.67. The van der Waals surface area contributed by atoms with Crippen LogP contribution in [0.1, 0.15) is 30.7 Å². The van der Waals surface area contributed by atoms with Crippen molar-refractivity contribution in [3.63, 3.8) is 0 Å². The molecule has 0 aliphatic rings. The quantitative estimate of drug-likeness (QED) is 0.628. The van der Waals surface area contributed by atoms with Crippen LogP contribution in [-0.2, 0) is 6.42 Å². The highest BCUT2D eigenvalue weighted by atomic mass is 16.4. The van der Waals surface area contributed by atoms with Crippen molar-refractivity contribution in [2.45, 2.75) is 33.6 Å². The summed E-state index contributed by atoms with van der Waals surface area (Å²) in [6.45, 7) is 6.04. The van der Waals surface area contributed by atoms with Crippen LogP contribution in [0.5, 0.6) is 0 Å². The van der Waals surface area contributed by atoms with Crippen molar-refractivity contribution in [3.8, 4) is 0 Å². The molecule has 0 saturated carbocycles. The zero-order valence-corrected chi connectivity index (χ0v) is 6.77. The molecule has 1 heterocycles. The predicted octanol–water partition coefficient (Wildman–Crippen LogP) is 2.24. The Morgan fingerprint density at radius 3 is 2.50 bits per heavy atom. The van der Waals surface area contributed by atoms with Gasteiger partial charge in [-0.2, -0.15) is 0 Å². The van der Waals surface area contributed by atoms with Gasteiger partial charge in [-0.3, -0.25) is 0 Å². The topological polar surface area (TPSA) is 26.0 Å². The van der Waals surface area contributed by atoms with E-state index in [-0.39, 0.29) is 0 Å². The molecule has 0 radical (unpaired) electrons. The van der Waals surface area contributed by atoms with E-state index in [0.29, 0.717) is 0 Å². The number of hydrogen-bond acceptors (Lipinski definition) is 2. The minimum atomic E-state index is 0.873. The monoisotopic (exact) mass is 139 g/mol. The van der Waals surface area contributed by atoms with Crippen LogP contribution in [-0.4, -0.2) is 4.98 Å². The summed E-state index contributed by atoms with van der Waals surface area (Å²) < 4.78 is 5.34. The lowest BCUT2D eigenvalue weighted by Crippen LogP contribution is -1.81. The predicted molar refractivity (Wildman–Crippen MR) is 40.0 cm³/mol. The van der Waals surface area contributed by atoms with E-state index in [2.05, 4.69) is 11.9 Å². The molecular weight excluding hydrogens is 126 g/mol. The normalized spacial score (nSPS) is 10.3. The van der Waals surface area contributed by atoms with Gasteiger partial charge >= 0.3 is 0 Å². The van der Waals surface area contributed by atoms with E-state index in [1.54, 1.807) is 0 Å². The van der Waals surface area contributed by atoms with Crippen LogP contribution in [0.4, 0.5) is 0 Å². The van der Waals surface area contributed by atoms with E-state index < -0.39 is 0 Å². The average molecular weight is 139 g/mol. The van der Waals surface area contributed by atoms with Gasteiger partial charge in [0.25, 0.3) is 0 Å². The molecule has 0 bridgehead atoms. The summed E-state index contributed by atoms with van der Waals surface area (Å²) in [5.74, 6) is 1.82. The molecule has 0 N–H and O–H groups in total. The lowest BCUT2D eigenvalue weighted by atomic mass is 10.3. The summed E-state index contributed by atoms with van der Waals surface area (Å²) in [7, 11) is 0. The highest BCUT2D eigenvalue weighted by Crippen LogP contribution is 2.09. The Hall–Kier alpha value is -0.790.